The van der Waals surface area contributed by atoms with Crippen molar-refractivity contribution in [2.24, 2.45) is 0 Å². The van der Waals surface area contributed by atoms with Crippen molar-refractivity contribution < 1.29 is 14.3 Å². The lowest BCUT2D eigenvalue weighted by atomic mass is 9.91. The van der Waals surface area contributed by atoms with Crippen LogP contribution in [-0.4, -0.2) is 36.8 Å². The zero-order chi connectivity index (χ0) is 22.5. The third kappa shape index (κ3) is 3.93. The maximum Gasteiger partial charge on any atom is 0.410 e. The standard InChI is InChI=1S/C27H27NO3S/c1-27(2,3)31-26(29)28-15-20(16-28)17-9-10-19-13-25(32-24(19)12-17)23-14-21(30-4)11-18-7-5-6-8-22(18)23/h5-14,20H,15-16H2,1-4H3. The highest BCUT2D eigenvalue weighted by atomic mass is 32.1. The number of fused-ring (bicyclic) bond motifs is 2. The van der Waals surface area contributed by atoms with E-state index in [0.29, 0.717) is 19.0 Å². The summed E-state index contributed by atoms with van der Waals surface area (Å²) in [5.74, 6) is 1.23. The van der Waals surface area contributed by atoms with Gasteiger partial charge in [0.2, 0.25) is 0 Å². The predicted octanol–water partition coefficient (Wildman–Crippen LogP) is 7.06. The lowest BCUT2D eigenvalue weighted by Crippen LogP contribution is -2.50. The molecular formula is C27H27NO3S. The average molecular weight is 446 g/mol. The molecule has 5 rings (SSSR count). The Kier molecular flexibility index (Phi) is 5.09. The quantitative estimate of drug-likeness (QED) is 0.339. The van der Waals surface area contributed by atoms with Crippen LogP contribution in [0.2, 0.25) is 0 Å². The van der Waals surface area contributed by atoms with Crippen LogP contribution in [0.3, 0.4) is 0 Å². The number of rotatable bonds is 3. The van der Waals surface area contributed by atoms with Gasteiger partial charge in [-0.2, -0.15) is 0 Å². The summed E-state index contributed by atoms with van der Waals surface area (Å²) in [6.07, 6.45) is -0.224. The molecule has 0 unspecified atom stereocenters. The van der Waals surface area contributed by atoms with Crippen LogP contribution >= 0.6 is 11.3 Å². The summed E-state index contributed by atoms with van der Waals surface area (Å²) in [6.45, 7) is 7.11. The van der Waals surface area contributed by atoms with Gasteiger partial charge in [-0.25, -0.2) is 4.79 Å². The first-order valence-electron chi connectivity index (χ1n) is 10.9. The van der Waals surface area contributed by atoms with Gasteiger partial charge in [0.15, 0.2) is 0 Å². The third-order valence-electron chi connectivity index (χ3n) is 5.89. The van der Waals surface area contributed by atoms with E-state index >= 15 is 0 Å². The molecule has 2 heterocycles. The smallest absolute Gasteiger partial charge is 0.410 e. The number of hydrogen-bond donors (Lipinski definition) is 0. The van der Waals surface area contributed by atoms with E-state index in [1.165, 1.54) is 36.9 Å². The maximum atomic E-state index is 12.2. The van der Waals surface area contributed by atoms with Crippen LogP contribution in [0.4, 0.5) is 4.79 Å². The Morgan fingerprint density at radius 1 is 1.00 bits per heavy atom. The van der Waals surface area contributed by atoms with E-state index < -0.39 is 5.60 Å². The number of carbonyl (C=O) groups is 1. The molecule has 0 N–H and O–H groups in total. The van der Waals surface area contributed by atoms with Gasteiger partial charge in [0.05, 0.1) is 7.11 Å². The molecule has 0 bridgehead atoms. The summed E-state index contributed by atoms with van der Waals surface area (Å²) < 4.78 is 12.3. The highest BCUT2D eigenvalue weighted by molar-refractivity contribution is 7.22. The van der Waals surface area contributed by atoms with Gasteiger partial charge in [0.1, 0.15) is 11.4 Å². The first kappa shape index (κ1) is 20.8. The first-order chi connectivity index (χ1) is 15.3. The van der Waals surface area contributed by atoms with Crippen LogP contribution in [-0.2, 0) is 4.74 Å². The maximum absolute atomic E-state index is 12.2. The van der Waals surface area contributed by atoms with Crippen LogP contribution in [0.1, 0.15) is 32.3 Å². The Bertz CT molecular complexity index is 1310. The molecule has 1 aromatic heterocycles. The lowest BCUT2D eigenvalue weighted by Gasteiger charge is -2.40. The molecule has 1 fully saturated rings. The number of thiophene rings is 1. The molecule has 164 valence electrons. The van der Waals surface area contributed by atoms with E-state index in [0.717, 1.165) is 5.75 Å². The van der Waals surface area contributed by atoms with Crippen molar-refractivity contribution >= 4 is 38.3 Å². The molecule has 3 aromatic carbocycles. The summed E-state index contributed by atoms with van der Waals surface area (Å²) in [6, 6.07) is 21.6. The van der Waals surface area contributed by atoms with Crippen molar-refractivity contribution in [3.8, 4) is 16.2 Å². The van der Waals surface area contributed by atoms with Crippen LogP contribution in [0.25, 0.3) is 31.3 Å². The second-order valence-electron chi connectivity index (χ2n) is 9.39. The number of methoxy groups -OCH3 is 1. The largest absolute Gasteiger partial charge is 0.497 e. The van der Waals surface area contributed by atoms with Gasteiger partial charge >= 0.3 is 6.09 Å². The SMILES string of the molecule is COc1cc(-c2cc3ccc(C4CN(C(=O)OC(C)(C)C)C4)cc3s2)c2ccccc2c1. The zero-order valence-electron chi connectivity index (χ0n) is 18.8. The number of carbonyl (C=O) groups excluding carboxylic acids is 1. The van der Waals surface area contributed by atoms with Gasteiger partial charge in [-0.3, -0.25) is 0 Å². The molecule has 0 saturated carbocycles. The summed E-state index contributed by atoms with van der Waals surface area (Å²) in [5, 5.41) is 3.65. The van der Waals surface area contributed by atoms with E-state index in [1.54, 1.807) is 23.3 Å². The van der Waals surface area contributed by atoms with E-state index in [9.17, 15) is 4.79 Å². The minimum absolute atomic E-state index is 0.224. The molecule has 1 aliphatic rings. The van der Waals surface area contributed by atoms with Crippen molar-refractivity contribution in [2.75, 3.05) is 20.2 Å². The zero-order valence-corrected chi connectivity index (χ0v) is 19.7. The summed E-state index contributed by atoms with van der Waals surface area (Å²) in [7, 11) is 1.71. The number of amides is 1. The fourth-order valence-electron chi connectivity index (χ4n) is 4.20. The topological polar surface area (TPSA) is 38.8 Å². The Morgan fingerprint density at radius 2 is 1.78 bits per heavy atom. The van der Waals surface area contributed by atoms with Crippen LogP contribution in [0.5, 0.6) is 5.75 Å². The highest BCUT2D eigenvalue weighted by Gasteiger charge is 2.34. The molecule has 0 spiro atoms. The van der Waals surface area contributed by atoms with Crippen molar-refractivity contribution in [2.45, 2.75) is 32.3 Å². The summed E-state index contributed by atoms with van der Waals surface area (Å²) in [4.78, 5) is 15.3. The molecule has 1 amide bonds. The van der Waals surface area contributed by atoms with Crippen LogP contribution in [0.15, 0.2) is 60.7 Å². The van der Waals surface area contributed by atoms with E-state index in [1.807, 2.05) is 20.8 Å². The van der Waals surface area contributed by atoms with Crippen molar-refractivity contribution in [3.63, 3.8) is 0 Å². The fraction of sp³-hybridized carbons (Fsp3) is 0.296. The summed E-state index contributed by atoms with van der Waals surface area (Å²) >= 11 is 1.80. The number of nitrogens with zero attached hydrogens (tertiary/aromatic N) is 1. The van der Waals surface area contributed by atoms with Gasteiger partial charge in [-0.05, 0) is 66.8 Å². The number of hydrogen-bond acceptors (Lipinski definition) is 4. The van der Waals surface area contributed by atoms with E-state index in [-0.39, 0.29) is 6.09 Å². The minimum Gasteiger partial charge on any atom is -0.497 e. The van der Waals surface area contributed by atoms with Gasteiger partial charge in [0.25, 0.3) is 0 Å². The monoisotopic (exact) mass is 445 g/mol. The average Bonchev–Trinajstić information content (AvgIpc) is 3.13. The molecule has 1 aliphatic heterocycles. The predicted molar refractivity (Wildman–Crippen MR) is 132 cm³/mol. The second kappa shape index (κ2) is 7.82. The first-order valence-corrected chi connectivity index (χ1v) is 11.7. The molecule has 4 aromatic rings. The fourth-order valence-corrected chi connectivity index (χ4v) is 5.35. The number of likely N-dealkylation sites (tertiary alicyclic amines) is 1. The van der Waals surface area contributed by atoms with Crippen molar-refractivity contribution in [1.82, 2.24) is 4.90 Å². The molecule has 1 saturated heterocycles. The molecule has 32 heavy (non-hydrogen) atoms. The molecule has 0 atom stereocenters. The van der Waals surface area contributed by atoms with Gasteiger partial charge < -0.3 is 14.4 Å². The molecule has 0 radical (unpaired) electrons. The van der Waals surface area contributed by atoms with Gasteiger partial charge in [-0.1, -0.05) is 36.4 Å². The lowest BCUT2D eigenvalue weighted by molar-refractivity contribution is 0.00821. The highest BCUT2D eigenvalue weighted by Crippen LogP contribution is 2.41. The molecule has 5 heteroatoms. The minimum atomic E-state index is -0.460. The Hall–Kier alpha value is -3.05. The Balaban J connectivity index is 1.42. The molecule has 4 nitrogen and oxygen atoms in total. The summed E-state index contributed by atoms with van der Waals surface area (Å²) in [5.41, 5.74) is 2.02. The number of benzene rings is 3. The van der Waals surface area contributed by atoms with Crippen molar-refractivity contribution in [1.29, 1.82) is 0 Å². The third-order valence-corrected chi connectivity index (χ3v) is 7.02. The van der Waals surface area contributed by atoms with Crippen LogP contribution < -0.4 is 4.74 Å². The Labute approximate surface area is 192 Å². The molecular weight excluding hydrogens is 418 g/mol. The van der Waals surface area contributed by atoms with Crippen LogP contribution in [0, 0.1) is 0 Å². The van der Waals surface area contributed by atoms with E-state index in [2.05, 4.69) is 60.7 Å². The van der Waals surface area contributed by atoms with Gasteiger partial charge in [0, 0.05) is 34.1 Å². The van der Waals surface area contributed by atoms with E-state index in [4.69, 9.17) is 9.47 Å². The van der Waals surface area contributed by atoms with Crippen molar-refractivity contribution in [3.05, 3.63) is 66.2 Å². The molecule has 0 aliphatic carbocycles. The Morgan fingerprint density at radius 3 is 2.53 bits per heavy atom. The number of ether oxygens (including phenoxy) is 2. The normalized spacial score (nSPS) is 14.6. The van der Waals surface area contributed by atoms with Gasteiger partial charge in [-0.15, -0.1) is 11.3 Å². The second-order valence-corrected chi connectivity index (χ2v) is 10.5.